The molecule has 2 N–H and O–H groups in total. The Hall–Kier alpha value is -0.180. The molecule has 0 aromatic carbocycles. The average Bonchev–Trinajstić information content (AvgIpc) is 2.01. The lowest BCUT2D eigenvalue weighted by Gasteiger charge is -2.06. The van der Waals surface area contributed by atoms with Gasteiger partial charge in [0.25, 0.3) is 0 Å². The van der Waals surface area contributed by atoms with E-state index in [4.69, 9.17) is 5.73 Å². The zero-order valence-corrected chi connectivity index (χ0v) is 8.45. The van der Waals surface area contributed by atoms with Crippen molar-refractivity contribution in [1.82, 2.24) is 0 Å². The van der Waals surface area contributed by atoms with Crippen molar-refractivity contribution in [2.45, 2.75) is 32.4 Å². The minimum atomic E-state index is 0.695. The van der Waals surface area contributed by atoms with Crippen LogP contribution < -0.4 is 5.73 Å². The predicted molar refractivity (Wildman–Crippen MR) is 54.4 cm³/mol. The molecule has 0 fully saturated rings. The van der Waals surface area contributed by atoms with Gasteiger partial charge in [-0.2, -0.15) is 11.8 Å². The Kier molecular flexibility index (Phi) is 6.42. The highest BCUT2D eigenvalue weighted by Gasteiger charge is 1.99. The first-order valence-electron chi connectivity index (χ1n) is 4.11. The van der Waals surface area contributed by atoms with Gasteiger partial charge < -0.3 is 5.73 Å². The Morgan fingerprint density at radius 1 is 1.55 bits per heavy atom. The molecule has 0 saturated carbocycles. The molecule has 0 rings (SSSR count). The molecule has 1 atom stereocenters. The number of nitrogens with zero attached hydrogens (tertiary/aromatic N) is 1. The highest BCUT2D eigenvalue weighted by Crippen LogP contribution is 2.12. The van der Waals surface area contributed by atoms with Crippen molar-refractivity contribution in [2.24, 2.45) is 10.7 Å². The van der Waals surface area contributed by atoms with Gasteiger partial charge in [-0.15, -0.1) is 0 Å². The van der Waals surface area contributed by atoms with Crippen LogP contribution in [0.5, 0.6) is 0 Å². The van der Waals surface area contributed by atoms with E-state index in [0.717, 1.165) is 18.1 Å². The van der Waals surface area contributed by atoms with Crippen molar-refractivity contribution >= 4 is 17.6 Å². The summed E-state index contributed by atoms with van der Waals surface area (Å²) in [5.41, 5.74) is 5.62. The molecule has 0 aliphatic heterocycles. The summed E-state index contributed by atoms with van der Waals surface area (Å²) in [6.45, 7) is 7.20. The Morgan fingerprint density at radius 2 is 2.18 bits per heavy atom. The van der Waals surface area contributed by atoms with Crippen LogP contribution >= 0.6 is 11.8 Å². The molecule has 1 unspecified atom stereocenters. The summed E-state index contributed by atoms with van der Waals surface area (Å²) in [5, 5.41) is 0.695. The molecule has 3 heteroatoms. The normalized spacial score (nSPS) is 15.0. The van der Waals surface area contributed by atoms with Crippen LogP contribution in [0.4, 0.5) is 0 Å². The van der Waals surface area contributed by atoms with Crippen molar-refractivity contribution in [1.29, 1.82) is 0 Å². The number of thioether (sulfide) groups is 1. The summed E-state index contributed by atoms with van der Waals surface area (Å²) in [7, 11) is 0. The third-order valence-electron chi connectivity index (χ3n) is 1.45. The van der Waals surface area contributed by atoms with Gasteiger partial charge >= 0.3 is 0 Å². The molecule has 0 aromatic rings. The van der Waals surface area contributed by atoms with Crippen molar-refractivity contribution in [3.8, 4) is 0 Å². The molecular formula is C8H18N2S. The maximum absolute atomic E-state index is 5.62. The van der Waals surface area contributed by atoms with Gasteiger partial charge in [0.05, 0.1) is 5.75 Å². The molecule has 0 aliphatic rings. The van der Waals surface area contributed by atoms with E-state index in [1.807, 2.05) is 18.7 Å². The number of aliphatic imine (C=N–C) groups is 1. The molecule has 66 valence electrons. The van der Waals surface area contributed by atoms with Gasteiger partial charge in [-0.1, -0.05) is 13.8 Å². The second kappa shape index (κ2) is 6.53. The molecule has 2 nitrogen and oxygen atoms in total. The van der Waals surface area contributed by atoms with Gasteiger partial charge in [0.15, 0.2) is 0 Å². The molecule has 0 amide bonds. The third kappa shape index (κ3) is 6.23. The van der Waals surface area contributed by atoms with Gasteiger partial charge in [-0.25, -0.2) is 0 Å². The summed E-state index contributed by atoms with van der Waals surface area (Å²) in [6.07, 6.45) is 1.20. The first-order chi connectivity index (χ1) is 5.20. The maximum atomic E-state index is 5.62. The maximum Gasteiger partial charge on any atom is 0.104 e. The lowest BCUT2D eigenvalue weighted by molar-refractivity contribution is 0.907. The Labute approximate surface area is 73.7 Å². The van der Waals surface area contributed by atoms with Crippen LogP contribution in [-0.2, 0) is 0 Å². The standard InChI is InChI=1S/C8H18N2S/c1-4-7(3)11-6-8(9)10-5-2/h7H,4-6H2,1-3H3,(H2,9,10). The fourth-order valence-electron chi connectivity index (χ4n) is 0.594. The fraction of sp³-hybridized carbons (Fsp3) is 0.875. The van der Waals surface area contributed by atoms with Crippen LogP contribution in [0.3, 0.4) is 0 Å². The highest BCUT2D eigenvalue weighted by atomic mass is 32.2. The summed E-state index contributed by atoms with van der Waals surface area (Å²) in [6, 6.07) is 0. The molecule has 0 saturated heterocycles. The van der Waals surface area contributed by atoms with Crippen LogP contribution in [0, 0.1) is 0 Å². The number of hydrogen-bond acceptors (Lipinski definition) is 2. The van der Waals surface area contributed by atoms with Gasteiger partial charge in [0.2, 0.25) is 0 Å². The van der Waals surface area contributed by atoms with E-state index in [-0.39, 0.29) is 0 Å². The van der Waals surface area contributed by atoms with Crippen LogP contribution in [-0.4, -0.2) is 23.4 Å². The zero-order valence-electron chi connectivity index (χ0n) is 7.63. The lowest BCUT2D eigenvalue weighted by atomic mass is 10.4. The third-order valence-corrected chi connectivity index (χ3v) is 2.82. The minimum Gasteiger partial charge on any atom is -0.387 e. The van der Waals surface area contributed by atoms with E-state index in [2.05, 4.69) is 18.8 Å². The first-order valence-corrected chi connectivity index (χ1v) is 5.16. The molecule has 0 aliphatic carbocycles. The largest absolute Gasteiger partial charge is 0.387 e. The van der Waals surface area contributed by atoms with Gasteiger partial charge in [-0.3, -0.25) is 4.99 Å². The quantitative estimate of drug-likeness (QED) is 0.510. The molecule has 0 spiro atoms. The first kappa shape index (κ1) is 10.8. The molecule has 11 heavy (non-hydrogen) atoms. The van der Waals surface area contributed by atoms with Crippen molar-refractivity contribution in [2.75, 3.05) is 12.3 Å². The molecule has 0 heterocycles. The van der Waals surface area contributed by atoms with Gasteiger partial charge in [0, 0.05) is 11.8 Å². The fourth-order valence-corrected chi connectivity index (χ4v) is 1.38. The van der Waals surface area contributed by atoms with E-state index >= 15 is 0 Å². The topological polar surface area (TPSA) is 38.4 Å². The van der Waals surface area contributed by atoms with Crippen LogP contribution in [0.1, 0.15) is 27.2 Å². The second-order valence-corrected chi connectivity index (χ2v) is 3.92. The summed E-state index contributed by atoms with van der Waals surface area (Å²) >= 11 is 1.87. The number of hydrogen-bond donors (Lipinski definition) is 1. The zero-order chi connectivity index (χ0) is 8.69. The Bertz CT molecular complexity index is 123. The average molecular weight is 174 g/mol. The van der Waals surface area contributed by atoms with Crippen LogP contribution in [0.2, 0.25) is 0 Å². The smallest absolute Gasteiger partial charge is 0.104 e. The van der Waals surface area contributed by atoms with E-state index in [1.165, 1.54) is 6.42 Å². The van der Waals surface area contributed by atoms with Crippen molar-refractivity contribution in [3.05, 3.63) is 0 Å². The highest BCUT2D eigenvalue weighted by molar-refractivity contribution is 8.00. The molecular weight excluding hydrogens is 156 g/mol. The summed E-state index contributed by atoms with van der Waals surface area (Å²) in [5.74, 6) is 1.65. The predicted octanol–water partition coefficient (Wildman–Crippen LogP) is 1.90. The van der Waals surface area contributed by atoms with Crippen molar-refractivity contribution < 1.29 is 0 Å². The van der Waals surface area contributed by atoms with Crippen molar-refractivity contribution in [3.63, 3.8) is 0 Å². The molecule has 0 aromatic heterocycles. The van der Waals surface area contributed by atoms with Gasteiger partial charge in [0.1, 0.15) is 5.84 Å². The van der Waals surface area contributed by atoms with Gasteiger partial charge in [-0.05, 0) is 13.3 Å². The SMILES string of the molecule is CCN=C(N)CSC(C)CC. The Balaban J connectivity index is 3.45. The Morgan fingerprint density at radius 3 is 2.64 bits per heavy atom. The molecule has 0 radical (unpaired) electrons. The number of rotatable bonds is 5. The van der Waals surface area contributed by atoms with E-state index in [1.54, 1.807) is 0 Å². The number of nitrogens with two attached hydrogens (primary N) is 1. The minimum absolute atomic E-state index is 0.695. The van der Waals surface area contributed by atoms with E-state index in [9.17, 15) is 0 Å². The lowest BCUT2D eigenvalue weighted by Crippen LogP contribution is -2.16. The summed E-state index contributed by atoms with van der Waals surface area (Å²) in [4.78, 5) is 4.10. The van der Waals surface area contributed by atoms with E-state index in [0.29, 0.717) is 5.25 Å². The van der Waals surface area contributed by atoms with Crippen LogP contribution in [0.15, 0.2) is 4.99 Å². The summed E-state index contributed by atoms with van der Waals surface area (Å²) < 4.78 is 0. The van der Waals surface area contributed by atoms with Crippen LogP contribution in [0.25, 0.3) is 0 Å². The second-order valence-electron chi connectivity index (χ2n) is 2.50. The monoisotopic (exact) mass is 174 g/mol. The van der Waals surface area contributed by atoms with E-state index < -0.39 is 0 Å². The number of amidine groups is 1. The molecule has 0 bridgehead atoms.